The highest BCUT2D eigenvalue weighted by Gasteiger charge is 2.07. The zero-order chi connectivity index (χ0) is 13.4. The standard InChI is InChI=1S/C14H17IO3/c1-2-18-14(17)10-9-13(16)8-5-11-3-6-12(15)7-4-11/h3-4,6-7H,2,5,8-10H2,1H3. The fourth-order valence-electron chi connectivity index (χ4n) is 1.53. The molecule has 1 aromatic rings. The number of rotatable bonds is 7. The van der Waals surface area contributed by atoms with E-state index in [-0.39, 0.29) is 24.6 Å². The summed E-state index contributed by atoms with van der Waals surface area (Å²) in [5.74, 6) is -0.179. The van der Waals surface area contributed by atoms with Crippen LogP contribution in [0.15, 0.2) is 24.3 Å². The summed E-state index contributed by atoms with van der Waals surface area (Å²) in [5, 5.41) is 0. The third-order valence-electron chi connectivity index (χ3n) is 2.52. The molecule has 1 rings (SSSR count). The lowest BCUT2D eigenvalue weighted by molar-refractivity contribution is -0.144. The maximum atomic E-state index is 11.6. The lowest BCUT2D eigenvalue weighted by Gasteiger charge is -2.02. The lowest BCUT2D eigenvalue weighted by atomic mass is 10.1. The van der Waals surface area contributed by atoms with Gasteiger partial charge in [0.05, 0.1) is 13.0 Å². The Bertz CT molecular complexity index is 398. The van der Waals surface area contributed by atoms with Crippen LogP contribution in [0.3, 0.4) is 0 Å². The number of carbonyl (C=O) groups is 2. The van der Waals surface area contributed by atoms with E-state index in [9.17, 15) is 9.59 Å². The Morgan fingerprint density at radius 2 is 1.78 bits per heavy atom. The Morgan fingerprint density at radius 3 is 2.39 bits per heavy atom. The van der Waals surface area contributed by atoms with Gasteiger partial charge >= 0.3 is 5.97 Å². The van der Waals surface area contributed by atoms with Crippen LogP contribution in [0.1, 0.15) is 31.7 Å². The maximum Gasteiger partial charge on any atom is 0.306 e. The molecule has 0 amide bonds. The first-order chi connectivity index (χ1) is 8.61. The molecule has 0 heterocycles. The highest BCUT2D eigenvalue weighted by Crippen LogP contribution is 2.09. The Hall–Kier alpha value is -0.910. The summed E-state index contributed by atoms with van der Waals surface area (Å²) < 4.78 is 5.96. The maximum absolute atomic E-state index is 11.6. The van der Waals surface area contributed by atoms with Gasteiger partial charge in [-0.1, -0.05) is 12.1 Å². The molecule has 0 aliphatic rings. The van der Waals surface area contributed by atoms with E-state index >= 15 is 0 Å². The Kier molecular flexibility index (Phi) is 6.93. The van der Waals surface area contributed by atoms with Crippen LogP contribution in [-0.2, 0) is 20.7 Å². The van der Waals surface area contributed by atoms with Crippen LogP contribution in [0.4, 0.5) is 0 Å². The summed E-state index contributed by atoms with van der Waals surface area (Å²) in [4.78, 5) is 22.7. The number of hydrogen-bond acceptors (Lipinski definition) is 3. The summed E-state index contributed by atoms with van der Waals surface area (Å²) in [7, 11) is 0. The van der Waals surface area contributed by atoms with E-state index in [1.807, 2.05) is 24.3 Å². The van der Waals surface area contributed by atoms with Crippen molar-refractivity contribution >= 4 is 34.3 Å². The zero-order valence-electron chi connectivity index (χ0n) is 10.4. The molecule has 0 fully saturated rings. The minimum atomic E-state index is -0.292. The second kappa shape index (κ2) is 8.24. The van der Waals surface area contributed by atoms with Crippen LogP contribution in [0.5, 0.6) is 0 Å². The molecule has 98 valence electrons. The average Bonchev–Trinajstić information content (AvgIpc) is 2.36. The Balaban J connectivity index is 2.24. The van der Waals surface area contributed by atoms with Crippen molar-refractivity contribution in [1.82, 2.24) is 0 Å². The molecule has 0 atom stereocenters. The summed E-state index contributed by atoms with van der Waals surface area (Å²) in [6, 6.07) is 8.11. The van der Waals surface area contributed by atoms with Crippen molar-refractivity contribution in [1.29, 1.82) is 0 Å². The van der Waals surface area contributed by atoms with Gasteiger partial charge in [-0.25, -0.2) is 0 Å². The van der Waals surface area contributed by atoms with Gasteiger partial charge in [0.1, 0.15) is 5.78 Å². The van der Waals surface area contributed by atoms with Crippen molar-refractivity contribution < 1.29 is 14.3 Å². The molecule has 0 unspecified atom stereocenters. The van der Waals surface area contributed by atoms with E-state index in [1.54, 1.807) is 6.92 Å². The van der Waals surface area contributed by atoms with Crippen LogP contribution >= 0.6 is 22.6 Å². The molecule has 0 aliphatic heterocycles. The van der Waals surface area contributed by atoms with Gasteiger partial charge < -0.3 is 4.74 Å². The van der Waals surface area contributed by atoms with Gasteiger partial charge in [0.15, 0.2) is 0 Å². The number of benzene rings is 1. The molecule has 0 bridgehead atoms. The van der Waals surface area contributed by atoms with Crippen LogP contribution in [-0.4, -0.2) is 18.4 Å². The second-order valence-electron chi connectivity index (χ2n) is 3.97. The Morgan fingerprint density at radius 1 is 1.11 bits per heavy atom. The molecule has 3 nitrogen and oxygen atoms in total. The van der Waals surface area contributed by atoms with Crippen molar-refractivity contribution in [3.63, 3.8) is 0 Å². The number of halogens is 1. The first kappa shape index (κ1) is 15.1. The van der Waals surface area contributed by atoms with Crippen molar-refractivity contribution in [2.45, 2.75) is 32.6 Å². The molecular weight excluding hydrogens is 343 g/mol. The van der Waals surface area contributed by atoms with Crippen LogP contribution in [0, 0.1) is 3.57 Å². The highest BCUT2D eigenvalue weighted by atomic mass is 127. The fourth-order valence-corrected chi connectivity index (χ4v) is 1.89. The molecular formula is C14H17IO3. The van der Waals surface area contributed by atoms with E-state index in [0.29, 0.717) is 13.0 Å². The number of ether oxygens (including phenoxy) is 1. The number of ketones is 1. The largest absolute Gasteiger partial charge is 0.466 e. The smallest absolute Gasteiger partial charge is 0.306 e. The first-order valence-electron chi connectivity index (χ1n) is 6.03. The minimum absolute atomic E-state index is 0.113. The van der Waals surface area contributed by atoms with Crippen molar-refractivity contribution in [2.75, 3.05) is 6.61 Å². The van der Waals surface area contributed by atoms with Gasteiger partial charge in [0, 0.05) is 16.4 Å². The quantitative estimate of drug-likeness (QED) is 0.554. The zero-order valence-corrected chi connectivity index (χ0v) is 12.6. The molecule has 0 aromatic heterocycles. The molecule has 4 heteroatoms. The van der Waals surface area contributed by atoms with Crippen LogP contribution < -0.4 is 0 Å². The SMILES string of the molecule is CCOC(=O)CCC(=O)CCc1ccc(I)cc1. The average molecular weight is 360 g/mol. The number of hydrogen-bond donors (Lipinski definition) is 0. The second-order valence-corrected chi connectivity index (χ2v) is 5.22. The number of aryl methyl sites for hydroxylation is 1. The van der Waals surface area contributed by atoms with E-state index in [2.05, 4.69) is 22.6 Å². The Labute approximate surface area is 121 Å². The molecule has 0 radical (unpaired) electrons. The van der Waals surface area contributed by atoms with E-state index in [4.69, 9.17) is 4.74 Å². The van der Waals surface area contributed by atoms with Gasteiger partial charge in [-0.15, -0.1) is 0 Å². The van der Waals surface area contributed by atoms with Crippen molar-refractivity contribution in [3.8, 4) is 0 Å². The monoisotopic (exact) mass is 360 g/mol. The van der Waals surface area contributed by atoms with Crippen molar-refractivity contribution in [2.24, 2.45) is 0 Å². The number of carbonyl (C=O) groups excluding carboxylic acids is 2. The molecule has 18 heavy (non-hydrogen) atoms. The van der Waals surface area contributed by atoms with Crippen LogP contribution in [0.2, 0.25) is 0 Å². The van der Waals surface area contributed by atoms with Gasteiger partial charge in [0.2, 0.25) is 0 Å². The van der Waals surface area contributed by atoms with Gasteiger partial charge in [0.25, 0.3) is 0 Å². The van der Waals surface area contributed by atoms with E-state index < -0.39 is 0 Å². The van der Waals surface area contributed by atoms with Gasteiger partial charge in [-0.3, -0.25) is 9.59 Å². The topological polar surface area (TPSA) is 43.4 Å². The minimum Gasteiger partial charge on any atom is -0.466 e. The first-order valence-corrected chi connectivity index (χ1v) is 7.11. The number of esters is 1. The summed E-state index contributed by atoms with van der Waals surface area (Å²) >= 11 is 2.25. The van der Waals surface area contributed by atoms with Crippen molar-refractivity contribution in [3.05, 3.63) is 33.4 Å². The predicted molar refractivity (Wildman–Crippen MR) is 78.4 cm³/mol. The summed E-state index contributed by atoms with van der Waals surface area (Å²) in [5.41, 5.74) is 1.15. The van der Waals surface area contributed by atoms with Crippen LogP contribution in [0.25, 0.3) is 0 Å². The summed E-state index contributed by atoms with van der Waals surface area (Å²) in [6.07, 6.45) is 1.70. The summed E-state index contributed by atoms with van der Waals surface area (Å²) in [6.45, 7) is 2.13. The molecule has 1 aromatic carbocycles. The third kappa shape index (κ3) is 6.14. The molecule has 0 spiro atoms. The highest BCUT2D eigenvalue weighted by molar-refractivity contribution is 14.1. The molecule has 0 aliphatic carbocycles. The van der Waals surface area contributed by atoms with E-state index in [1.165, 1.54) is 3.57 Å². The third-order valence-corrected chi connectivity index (χ3v) is 3.24. The lowest BCUT2D eigenvalue weighted by Crippen LogP contribution is -2.08. The predicted octanol–water partition coefficient (Wildman–Crippen LogP) is 3.14. The fraction of sp³-hybridized carbons (Fsp3) is 0.429. The van der Waals surface area contributed by atoms with E-state index in [0.717, 1.165) is 12.0 Å². The van der Waals surface area contributed by atoms with Gasteiger partial charge in [-0.05, 0) is 53.6 Å². The number of Topliss-reactive ketones (excluding diaryl/α,β-unsaturated/α-hetero) is 1. The molecule has 0 saturated carbocycles. The molecule has 0 saturated heterocycles. The molecule has 0 N–H and O–H groups in total. The van der Waals surface area contributed by atoms with Gasteiger partial charge in [-0.2, -0.15) is 0 Å². The normalized spacial score (nSPS) is 10.1.